The molecule has 20 heavy (non-hydrogen) atoms. The predicted octanol–water partition coefficient (Wildman–Crippen LogP) is 3.60. The van der Waals surface area contributed by atoms with Crippen molar-refractivity contribution in [3.63, 3.8) is 0 Å². The molecule has 0 aliphatic carbocycles. The van der Waals surface area contributed by atoms with Gasteiger partial charge < -0.3 is 9.32 Å². The van der Waals surface area contributed by atoms with Gasteiger partial charge in [0.1, 0.15) is 5.58 Å². The van der Waals surface area contributed by atoms with Crippen molar-refractivity contribution in [1.82, 2.24) is 4.90 Å². The summed E-state index contributed by atoms with van der Waals surface area (Å²) in [6.45, 7) is 5.96. The number of rotatable bonds is 2. The first-order valence-electron chi connectivity index (χ1n) is 7.40. The number of carbonyl (C=O) groups is 1. The molecule has 1 aromatic carbocycles. The Labute approximate surface area is 119 Å². The molecular formula is C17H21NO2. The Morgan fingerprint density at radius 2 is 1.95 bits per heavy atom. The molecule has 106 valence electrons. The summed E-state index contributed by atoms with van der Waals surface area (Å²) in [6.07, 6.45) is 5.72. The monoisotopic (exact) mass is 271 g/mol. The van der Waals surface area contributed by atoms with Gasteiger partial charge in [-0.2, -0.15) is 0 Å². The minimum Gasteiger partial charge on any atom is -0.464 e. The first kappa shape index (κ1) is 13.2. The van der Waals surface area contributed by atoms with Gasteiger partial charge in [0.2, 0.25) is 5.91 Å². The average molecular weight is 271 g/mol. The van der Waals surface area contributed by atoms with Crippen LogP contribution in [0.4, 0.5) is 0 Å². The summed E-state index contributed by atoms with van der Waals surface area (Å²) in [4.78, 5) is 14.4. The van der Waals surface area contributed by atoms with Gasteiger partial charge >= 0.3 is 0 Å². The Balaban J connectivity index is 1.85. The minimum atomic E-state index is 0.229. The van der Waals surface area contributed by atoms with Gasteiger partial charge in [0.15, 0.2) is 0 Å². The van der Waals surface area contributed by atoms with Gasteiger partial charge in [-0.1, -0.05) is 6.07 Å². The molecule has 1 saturated heterocycles. The number of piperidine rings is 1. The molecule has 3 rings (SSSR count). The Morgan fingerprint density at radius 1 is 1.20 bits per heavy atom. The second-order valence-electron chi connectivity index (χ2n) is 5.83. The van der Waals surface area contributed by atoms with E-state index in [1.807, 2.05) is 11.0 Å². The molecular weight excluding hydrogens is 250 g/mol. The Morgan fingerprint density at radius 3 is 2.70 bits per heavy atom. The molecule has 0 bridgehead atoms. The summed E-state index contributed by atoms with van der Waals surface area (Å²) in [6, 6.07) is 4.18. The van der Waals surface area contributed by atoms with E-state index in [1.165, 1.54) is 17.5 Å². The highest BCUT2D eigenvalue weighted by Crippen LogP contribution is 2.27. The number of likely N-dealkylation sites (tertiary alicyclic amines) is 1. The van der Waals surface area contributed by atoms with Gasteiger partial charge in [-0.3, -0.25) is 4.79 Å². The standard InChI is InChI=1S/C17H21NO2/c1-12-8-13(2)17-14(11-20-15(17)9-12)10-16(19)18-6-4-3-5-7-18/h8-9,11H,3-7,10H2,1-2H3. The zero-order valence-electron chi connectivity index (χ0n) is 12.2. The van der Waals surface area contributed by atoms with Crippen LogP contribution < -0.4 is 0 Å². The third kappa shape index (κ3) is 2.45. The highest BCUT2D eigenvalue weighted by molar-refractivity contribution is 5.90. The lowest BCUT2D eigenvalue weighted by Crippen LogP contribution is -2.36. The van der Waals surface area contributed by atoms with Gasteiger partial charge in [-0.15, -0.1) is 0 Å². The van der Waals surface area contributed by atoms with Crippen molar-refractivity contribution in [2.45, 2.75) is 39.5 Å². The largest absolute Gasteiger partial charge is 0.464 e. The number of carbonyl (C=O) groups excluding carboxylic acids is 1. The Kier molecular flexibility index (Phi) is 3.51. The van der Waals surface area contributed by atoms with E-state index >= 15 is 0 Å². The fourth-order valence-electron chi connectivity index (χ4n) is 3.17. The van der Waals surface area contributed by atoms with Crippen LogP contribution in [-0.4, -0.2) is 23.9 Å². The quantitative estimate of drug-likeness (QED) is 0.836. The van der Waals surface area contributed by atoms with E-state index in [0.29, 0.717) is 6.42 Å². The van der Waals surface area contributed by atoms with Crippen molar-refractivity contribution < 1.29 is 9.21 Å². The summed E-state index contributed by atoms with van der Waals surface area (Å²) >= 11 is 0. The van der Waals surface area contributed by atoms with Crippen molar-refractivity contribution in [1.29, 1.82) is 0 Å². The number of nitrogens with zero attached hydrogens (tertiary/aromatic N) is 1. The van der Waals surface area contributed by atoms with Gasteiger partial charge in [-0.05, 0) is 50.3 Å². The van der Waals surface area contributed by atoms with E-state index in [1.54, 1.807) is 6.26 Å². The van der Waals surface area contributed by atoms with Crippen molar-refractivity contribution in [3.05, 3.63) is 35.1 Å². The average Bonchev–Trinajstić information content (AvgIpc) is 2.82. The molecule has 0 spiro atoms. The first-order chi connectivity index (χ1) is 9.65. The van der Waals surface area contributed by atoms with Crippen molar-refractivity contribution in [3.8, 4) is 0 Å². The van der Waals surface area contributed by atoms with E-state index in [4.69, 9.17) is 4.42 Å². The second kappa shape index (κ2) is 5.31. The number of fused-ring (bicyclic) bond motifs is 1. The molecule has 0 N–H and O–H groups in total. The molecule has 0 radical (unpaired) electrons. The fraction of sp³-hybridized carbons (Fsp3) is 0.471. The van der Waals surface area contributed by atoms with Crippen LogP contribution in [0.15, 0.2) is 22.8 Å². The number of furan rings is 1. The SMILES string of the molecule is Cc1cc(C)c2c(CC(=O)N3CCCCC3)coc2c1. The lowest BCUT2D eigenvalue weighted by Gasteiger charge is -2.26. The highest BCUT2D eigenvalue weighted by Gasteiger charge is 2.19. The smallest absolute Gasteiger partial charge is 0.227 e. The van der Waals surface area contributed by atoms with Crippen LogP contribution >= 0.6 is 0 Å². The van der Waals surface area contributed by atoms with E-state index in [2.05, 4.69) is 19.9 Å². The molecule has 0 atom stereocenters. The van der Waals surface area contributed by atoms with Crippen molar-refractivity contribution >= 4 is 16.9 Å². The summed E-state index contributed by atoms with van der Waals surface area (Å²) in [5.41, 5.74) is 4.30. The Hall–Kier alpha value is -1.77. The van der Waals surface area contributed by atoms with Crippen LogP contribution in [0.5, 0.6) is 0 Å². The van der Waals surface area contributed by atoms with Crippen LogP contribution in [0.25, 0.3) is 11.0 Å². The molecule has 1 fully saturated rings. The molecule has 3 heteroatoms. The lowest BCUT2D eigenvalue weighted by atomic mass is 10.0. The molecule has 1 amide bonds. The van der Waals surface area contributed by atoms with Gasteiger partial charge in [0.05, 0.1) is 12.7 Å². The Bertz CT molecular complexity index is 636. The number of amides is 1. The first-order valence-corrected chi connectivity index (χ1v) is 7.40. The minimum absolute atomic E-state index is 0.229. The maximum atomic E-state index is 12.4. The molecule has 0 saturated carbocycles. The lowest BCUT2D eigenvalue weighted by molar-refractivity contribution is -0.131. The molecule has 0 unspecified atom stereocenters. The van der Waals surface area contributed by atoms with Crippen molar-refractivity contribution in [2.24, 2.45) is 0 Å². The molecule has 2 heterocycles. The number of aryl methyl sites for hydroxylation is 2. The van der Waals surface area contributed by atoms with Gasteiger partial charge in [0, 0.05) is 24.0 Å². The number of benzene rings is 1. The number of hydrogen-bond acceptors (Lipinski definition) is 2. The summed E-state index contributed by atoms with van der Waals surface area (Å²) < 4.78 is 5.63. The van der Waals surface area contributed by atoms with Crippen LogP contribution in [-0.2, 0) is 11.2 Å². The molecule has 2 aromatic rings. The van der Waals surface area contributed by atoms with E-state index in [0.717, 1.165) is 42.5 Å². The van der Waals surface area contributed by atoms with Gasteiger partial charge in [-0.25, -0.2) is 0 Å². The topological polar surface area (TPSA) is 33.5 Å². The summed E-state index contributed by atoms with van der Waals surface area (Å²) in [5.74, 6) is 0.229. The van der Waals surface area contributed by atoms with Gasteiger partial charge in [0.25, 0.3) is 0 Å². The predicted molar refractivity (Wildman–Crippen MR) is 79.8 cm³/mol. The van der Waals surface area contributed by atoms with Crippen LogP contribution in [0, 0.1) is 13.8 Å². The maximum absolute atomic E-state index is 12.4. The molecule has 3 nitrogen and oxygen atoms in total. The molecule has 1 aliphatic rings. The fourth-order valence-corrected chi connectivity index (χ4v) is 3.17. The highest BCUT2D eigenvalue weighted by atomic mass is 16.3. The molecule has 1 aromatic heterocycles. The second-order valence-corrected chi connectivity index (χ2v) is 5.83. The third-order valence-electron chi connectivity index (χ3n) is 4.14. The van der Waals surface area contributed by atoms with Crippen LogP contribution in [0.1, 0.15) is 36.0 Å². The van der Waals surface area contributed by atoms with E-state index in [9.17, 15) is 4.79 Å². The third-order valence-corrected chi connectivity index (χ3v) is 4.14. The van der Waals surface area contributed by atoms with E-state index < -0.39 is 0 Å². The summed E-state index contributed by atoms with van der Waals surface area (Å²) in [7, 11) is 0. The zero-order valence-corrected chi connectivity index (χ0v) is 12.2. The van der Waals surface area contributed by atoms with Crippen LogP contribution in [0.3, 0.4) is 0 Å². The summed E-state index contributed by atoms with van der Waals surface area (Å²) in [5, 5.41) is 1.11. The van der Waals surface area contributed by atoms with Crippen molar-refractivity contribution in [2.75, 3.05) is 13.1 Å². The number of hydrogen-bond donors (Lipinski definition) is 0. The zero-order chi connectivity index (χ0) is 14.1. The van der Waals surface area contributed by atoms with E-state index in [-0.39, 0.29) is 5.91 Å². The normalized spacial score (nSPS) is 15.8. The van der Waals surface area contributed by atoms with Crippen LogP contribution in [0.2, 0.25) is 0 Å². The molecule has 1 aliphatic heterocycles. The maximum Gasteiger partial charge on any atom is 0.227 e.